The van der Waals surface area contributed by atoms with Crippen LogP contribution in [0.3, 0.4) is 0 Å². The van der Waals surface area contributed by atoms with E-state index < -0.39 is 0 Å². The Morgan fingerprint density at radius 3 is 2.59 bits per heavy atom. The van der Waals surface area contributed by atoms with E-state index in [1.807, 2.05) is 12.1 Å². The molecule has 0 bridgehead atoms. The van der Waals surface area contributed by atoms with E-state index in [0.717, 1.165) is 10.5 Å². The summed E-state index contributed by atoms with van der Waals surface area (Å²) in [6.07, 6.45) is 1.35. The van der Waals surface area contributed by atoms with Gasteiger partial charge in [-0.25, -0.2) is 14.4 Å². The van der Waals surface area contributed by atoms with Crippen LogP contribution in [0.4, 0.5) is 4.39 Å². The number of hydrogen-bond acceptors (Lipinski definition) is 4. The van der Waals surface area contributed by atoms with Gasteiger partial charge in [0.05, 0.1) is 12.3 Å². The summed E-state index contributed by atoms with van der Waals surface area (Å²) in [5.74, 6) is -0.385. The first-order valence-electron chi connectivity index (χ1n) is 5.05. The monoisotopic (exact) mass is 250 g/mol. The van der Waals surface area contributed by atoms with Crippen molar-refractivity contribution in [2.75, 3.05) is 0 Å². The first-order chi connectivity index (χ1) is 8.20. The minimum atomic E-state index is -0.385. The van der Waals surface area contributed by atoms with E-state index in [2.05, 4.69) is 9.97 Å². The number of aliphatic hydroxyl groups excluding tert-OH is 1. The fraction of sp³-hybridized carbons (Fsp3) is 0.167. The van der Waals surface area contributed by atoms with E-state index in [9.17, 15) is 4.39 Å². The van der Waals surface area contributed by atoms with Gasteiger partial charge in [0.2, 0.25) is 0 Å². The molecule has 1 heterocycles. The molecule has 1 aromatic heterocycles. The van der Waals surface area contributed by atoms with Gasteiger partial charge in [0.1, 0.15) is 11.4 Å². The first-order valence-corrected chi connectivity index (χ1v) is 5.87. The van der Waals surface area contributed by atoms with Gasteiger partial charge in [-0.2, -0.15) is 0 Å². The SMILES string of the molecule is Cc1ncnc(Sc2ccc(CO)cc2)c1F. The second-order valence-corrected chi connectivity index (χ2v) is 4.54. The number of benzene rings is 1. The maximum atomic E-state index is 13.6. The van der Waals surface area contributed by atoms with Crippen molar-refractivity contribution in [2.24, 2.45) is 0 Å². The third-order valence-electron chi connectivity index (χ3n) is 2.25. The van der Waals surface area contributed by atoms with Crippen molar-refractivity contribution in [3.05, 3.63) is 47.7 Å². The molecule has 5 heteroatoms. The summed E-state index contributed by atoms with van der Waals surface area (Å²) in [7, 11) is 0. The highest BCUT2D eigenvalue weighted by Crippen LogP contribution is 2.28. The van der Waals surface area contributed by atoms with Gasteiger partial charge in [0, 0.05) is 4.90 Å². The smallest absolute Gasteiger partial charge is 0.176 e. The van der Waals surface area contributed by atoms with E-state index >= 15 is 0 Å². The quantitative estimate of drug-likeness (QED) is 0.850. The summed E-state index contributed by atoms with van der Waals surface area (Å²) in [5.41, 5.74) is 1.17. The highest BCUT2D eigenvalue weighted by atomic mass is 32.2. The summed E-state index contributed by atoms with van der Waals surface area (Å²) in [5, 5.41) is 9.23. The number of halogens is 1. The predicted octanol–water partition coefficient (Wildman–Crippen LogP) is 2.57. The summed E-state index contributed by atoms with van der Waals surface area (Å²) in [6.45, 7) is 1.61. The summed E-state index contributed by atoms with van der Waals surface area (Å²) in [6, 6.07) is 7.25. The Morgan fingerprint density at radius 1 is 1.24 bits per heavy atom. The molecular weight excluding hydrogens is 239 g/mol. The Labute approximate surface area is 103 Å². The third-order valence-corrected chi connectivity index (χ3v) is 3.24. The van der Waals surface area contributed by atoms with Crippen LogP contribution in [0.5, 0.6) is 0 Å². The predicted molar refractivity (Wildman–Crippen MR) is 63.2 cm³/mol. The molecule has 1 N–H and O–H groups in total. The molecule has 0 aliphatic carbocycles. The lowest BCUT2D eigenvalue weighted by molar-refractivity contribution is 0.282. The fourth-order valence-electron chi connectivity index (χ4n) is 1.28. The van der Waals surface area contributed by atoms with Crippen LogP contribution in [-0.2, 0) is 6.61 Å². The molecule has 0 spiro atoms. The molecule has 17 heavy (non-hydrogen) atoms. The van der Waals surface area contributed by atoms with E-state index in [-0.39, 0.29) is 12.4 Å². The van der Waals surface area contributed by atoms with Crippen molar-refractivity contribution in [3.63, 3.8) is 0 Å². The van der Waals surface area contributed by atoms with Gasteiger partial charge < -0.3 is 5.11 Å². The van der Waals surface area contributed by atoms with Crippen molar-refractivity contribution < 1.29 is 9.50 Å². The minimum Gasteiger partial charge on any atom is -0.392 e. The Bertz CT molecular complexity index is 516. The second-order valence-electron chi connectivity index (χ2n) is 3.48. The minimum absolute atomic E-state index is 0.00588. The van der Waals surface area contributed by atoms with E-state index in [1.54, 1.807) is 19.1 Å². The fourth-order valence-corrected chi connectivity index (χ4v) is 2.11. The Balaban J connectivity index is 2.22. The lowest BCUT2D eigenvalue weighted by Crippen LogP contribution is -1.93. The second kappa shape index (κ2) is 5.25. The number of aliphatic hydroxyl groups is 1. The van der Waals surface area contributed by atoms with Crippen LogP contribution in [0.15, 0.2) is 40.5 Å². The normalized spacial score (nSPS) is 10.5. The van der Waals surface area contributed by atoms with Crippen LogP contribution in [-0.4, -0.2) is 15.1 Å². The van der Waals surface area contributed by atoms with Gasteiger partial charge in [-0.1, -0.05) is 23.9 Å². The third kappa shape index (κ3) is 2.81. The van der Waals surface area contributed by atoms with Gasteiger partial charge in [0.25, 0.3) is 0 Å². The number of hydrogen-bond donors (Lipinski definition) is 1. The summed E-state index contributed by atoms with van der Waals surface area (Å²) >= 11 is 1.24. The standard InChI is InChI=1S/C12H11FN2OS/c1-8-11(13)12(15-7-14-8)17-10-4-2-9(6-16)3-5-10/h2-5,7,16H,6H2,1H3. The Morgan fingerprint density at radius 2 is 1.94 bits per heavy atom. The molecule has 1 aromatic carbocycles. The summed E-state index contributed by atoms with van der Waals surface area (Å²) < 4.78 is 13.6. The highest BCUT2D eigenvalue weighted by molar-refractivity contribution is 7.99. The van der Waals surface area contributed by atoms with E-state index in [4.69, 9.17) is 5.11 Å². The van der Waals surface area contributed by atoms with Crippen LogP contribution in [0.2, 0.25) is 0 Å². The average molecular weight is 250 g/mol. The van der Waals surface area contributed by atoms with Crippen molar-refractivity contribution in [3.8, 4) is 0 Å². The van der Waals surface area contributed by atoms with E-state index in [0.29, 0.717) is 10.7 Å². The first kappa shape index (κ1) is 12.0. The zero-order chi connectivity index (χ0) is 12.3. The molecule has 0 saturated carbocycles. The van der Waals surface area contributed by atoms with E-state index in [1.165, 1.54) is 18.1 Å². The molecule has 3 nitrogen and oxygen atoms in total. The van der Waals surface area contributed by atoms with Crippen LogP contribution >= 0.6 is 11.8 Å². The Hall–Kier alpha value is -1.46. The topological polar surface area (TPSA) is 46.0 Å². The largest absolute Gasteiger partial charge is 0.392 e. The van der Waals surface area contributed by atoms with Crippen LogP contribution in [0, 0.1) is 12.7 Å². The lowest BCUT2D eigenvalue weighted by atomic mass is 10.2. The molecule has 2 aromatic rings. The molecule has 0 aliphatic heterocycles. The maximum Gasteiger partial charge on any atom is 0.176 e. The number of aryl methyl sites for hydroxylation is 1. The highest BCUT2D eigenvalue weighted by Gasteiger charge is 2.09. The molecule has 88 valence electrons. The van der Waals surface area contributed by atoms with Crippen molar-refractivity contribution in [1.82, 2.24) is 9.97 Å². The van der Waals surface area contributed by atoms with Crippen molar-refractivity contribution in [1.29, 1.82) is 0 Å². The lowest BCUT2D eigenvalue weighted by Gasteiger charge is -2.04. The molecular formula is C12H11FN2OS. The molecule has 0 unspecified atom stereocenters. The van der Waals surface area contributed by atoms with Crippen molar-refractivity contribution >= 4 is 11.8 Å². The van der Waals surface area contributed by atoms with Gasteiger partial charge in [-0.3, -0.25) is 0 Å². The number of aromatic nitrogens is 2. The number of nitrogens with zero attached hydrogens (tertiary/aromatic N) is 2. The van der Waals surface area contributed by atoms with Gasteiger partial charge >= 0.3 is 0 Å². The number of rotatable bonds is 3. The summed E-state index contributed by atoms with van der Waals surface area (Å²) in [4.78, 5) is 8.55. The zero-order valence-electron chi connectivity index (χ0n) is 9.22. The van der Waals surface area contributed by atoms with Gasteiger partial charge in [-0.15, -0.1) is 0 Å². The zero-order valence-corrected chi connectivity index (χ0v) is 10.0. The molecule has 0 fully saturated rings. The average Bonchev–Trinajstić information content (AvgIpc) is 2.36. The van der Waals surface area contributed by atoms with Gasteiger partial charge in [-0.05, 0) is 24.6 Å². The molecule has 0 atom stereocenters. The molecule has 2 rings (SSSR count). The molecule has 0 amide bonds. The molecule has 0 radical (unpaired) electrons. The van der Waals surface area contributed by atoms with Crippen LogP contribution in [0.25, 0.3) is 0 Å². The molecule has 0 aliphatic rings. The van der Waals surface area contributed by atoms with Crippen LogP contribution in [0.1, 0.15) is 11.3 Å². The molecule has 0 saturated heterocycles. The van der Waals surface area contributed by atoms with Gasteiger partial charge in [0.15, 0.2) is 5.82 Å². The van der Waals surface area contributed by atoms with Crippen molar-refractivity contribution in [2.45, 2.75) is 23.5 Å². The van der Waals surface area contributed by atoms with Crippen LogP contribution < -0.4 is 0 Å². The Kier molecular flexibility index (Phi) is 3.71. The maximum absolute atomic E-state index is 13.6.